The normalized spacial score (nSPS) is 11.5. The summed E-state index contributed by atoms with van der Waals surface area (Å²) >= 11 is 1.26. The maximum absolute atomic E-state index is 13.1. The largest absolute Gasteiger partial charge is 0.325 e. The number of hydrogen-bond donors (Lipinski definition) is 1. The van der Waals surface area contributed by atoms with Crippen molar-refractivity contribution in [3.63, 3.8) is 0 Å². The molecule has 1 heterocycles. The number of hydrogen-bond acceptors (Lipinski definition) is 6. The van der Waals surface area contributed by atoms with Crippen LogP contribution in [0.2, 0.25) is 0 Å². The number of nitrogens with zero attached hydrogens (tertiary/aromatic N) is 4. The number of amides is 1. The molecular formula is C26H27N5O3S2. The van der Waals surface area contributed by atoms with Crippen LogP contribution in [0.1, 0.15) is 13.8 Å². The van der Waals surface area contributed by atoms with Crippen LogP contribution in [0.4, 0.5) is 5.69 Å². The highest BCUT2D eigenvalue weighted by atomic mass is 32.2. The second-order valence-corrected chi connectivity index (χ2v) is 10.7. The molecule has 0 saturated heterocycles. The van der Waals surface area contributed by atoms with Gasteiger partial charge in [0.2, 0.25) is 15.9 Å². The summed E-state index contributed by atoms with van der Waals surface area (Å²) < 4.78 is 29.5. The molecule has 0 fully saturated rings. The molecule has 1 amide bonds. The summed E-state index contributed by atoms with van der Waals surface area (Å²) in [6, 6.07) is 25.5. The topological polar surface area (TPSA) is 97.2 Å². The van der Waals surface area contributed by atoms with E-state index in [-0.39, 0.29) is 16.6 Å². The standard InChI is InChI=1S/C26H27N5O3S2/c1-3-30(4-2)36(33,34)23-17-11-12-20(18-23)25-28-29-26(31(25)22-15-9-6-10-16-22)35-19-24(32)27-21-13-7-5-8-14-21/h5-18H,3-4,19H2,1-2H3,(H,27,32). The van der Waals surface area contributed by atoms with Gasteiger partial charge in [0.15, 0.2) is 11.0 Å². The lowest BCUT2D eigenvalue weighted by molar-refractivity contribution is -0.113. The van der Waals surface area contributed by atoms with Crippen molar-refractivity contribution in [1.82, 2.24) is 19.1 Å². The third kappa shape index (κ3) is 5.67. The zero-order valence-electron chi connectivity index (χ0n) is 20.0. The second kappa shape index (κ2) is 11.5. The van der Waals surface area contributed by atoms with Gasteiger partial charge in [-0.1, -0.05) is 74.1 Å². The van der Waals surface area contributed by atoms with Crippen molar-refractivity contribution in [2.45, 2.75) is 23.9 Å². The molecule has 8 nitrogen and oxygen atoms in total. The van der Waals surface area contributed by atoms with Crippen LogP contribution >= 0.6 is 11.8 Å². The highest BCUT2D eigenvalue weighted by Crippen LogP contribution is 2.30. The maximum atomic E-state index is 13.1. The summed E-state index contributed by atoms with van der Waals surface area (Å²) in [6.45, 7) is 4.40. The van der Waals surface area contributed by atoms with Gasteiger partial charge in [-0.25, -0.2) is 8.42 Å². The highest BCUT2D eigenvalue weighted by Gasteiger charge is 2.23. The van der Waals surface area contributed by atoms with Gasteiger partial charge in [0.05, 0.1) is 10.6 Å². The molecule has 36 heavy (non-hydrogen) atoms. The number of sulfonamides is 1. The average Bonchev–Trinajstić information content (AvgIpc) is 3.33. The monoisotopic (exact) mass is 521 g/mol. The maximum Gasteiger partial charge on any atom is 0.243 e. The van der Waals surface area contributed by atoms with Crippen molar-refractivity contribution in [3.05, 3.63) is 84.9 Å². The van der Waals surface area contributed by atoms with E-state index < -0.39 is 10.0 Å². The van der Waals surface area contributed by atoms with Crippen molar-refractivity contribution >= 4 is 33.4 Å². The zero-order chi connectivity index (χ0) is 25.5. The van der Waals surface area contributed by atoms with E-state index in [9.17, 15) is 13.2 Å². The van der Waals surface area contributed by atoms with Crippen molar-refractivity contribution in [2.75, 3.05) is 24.2 Å². The van der Waals surface area contributed by atoms with E-state index in [0.717, 1.165) is 11.4 Å². The molecule has 4 rings (SSSR count). The first-order valence-electron chi connectivity index (χ1n) is 11.5. The fourth-order valence-electron chi connectivity index (χ4n) is 3.72. The molecule has 0 unspecified atom stereocenters. The SMILES string of the molecule is CCN(CC)S(=O)(=O)c1cccc(-c2nnc(SCC(=O)Nc3ccccc3)n2-c2ccccc2)c1. The third-order valence-corrected chi connectivity index (χ3v) is 8.45. The molecule has 1 aromatic heterocycles. The molecule has 0 spiro atoms. The molecule has 0 aliphatic heterocycles. The molecule has 1 N–H and O–H groups in total. The van der Waals surface area contributed by atoms with E-state index in [1.807, 2.05) is 79.1 Å². The molecular weight excluding hydrogens is 494 g/mol. The Morgan fingerprint density at radius 1 is 0.917 bits per heavy atom. The van der Waals surface area contributed by atoms with Crippen LogP contribution < -0.4 is 5.32 Å². The third-order valence-electron chi connectivity index (χ3n) is 5.47. The first-order chi connectivity index (χ1) is 17.4. The molecule has 4 aromatic rings. The average molecular weight is 522 g/mol. The van der Waals surface area contributed by atoms with Crippen molar-refractivity contribution < 1.29 is 13.2 Å². The Balaban J connectivity index is 1.67. The van der Waals surface area contributed by atoms with Crippen molar-refractivity contribution in [3.8, 4) is 17.1 Å². The number of carbonyl (C=O) groups is 1. The minimum absolute atomic E-state index is 0.135. The molecule has 0 aliphatic carbocycles. The summed E-state index contributed by atoms with van der Waals surface area (Å²) in [6.07, 6.45) is 0. The quantitative estimate of drug-likeness (QED) is 0.304. The van der Waals surface area contributed by atoms with Gasteiger partial charge >= 0.3 is 0 Å². The van der Waals surface area contributed by atoms with Crippen LogP contribution in [0, 0.1) is 0 Å². The van der Waals surface area contributed by atoms with Gasteiger partial charge in [0, 0.05) is 30.0 Å². The van der Waals surface area contributed by atoms with E-state index in [1.165, 1.54) is 16.1 Å². The Kier molecular flexibility index (Phi) is 8.19. The molecule has 186 valence electrons. The molecule has 0 radical (unpaired) electrons. The fourth-order valence-corrected chi connectivity index (χ4v) is 5.97. The van der Waals surface area contributed by atoms with E-state index in [2.05, 4.69) is 15.5 Å². The van der Waals surface area contributed by atoms with E-state index in [4.69, 9.17) is 0 Å². The van der Waals surface area contributed by atoms with Gasteiger partial charge in [0.1, 0.15) is 0 Å². The Hall–Kier alpha value is -3.47. The van der Waals surface area contributed by atoms with Crippen LogP contribution in [-0.2, 0) is 14.8 Å². The minimum Gasteiger partial charge on any atom is -0.325 e. The highest BCUT2D eigenvalue weighted by molar-refractivity contribution is 7.99. The smallest absolute Gasteiger partial charge is 0.243 e. The Labute approximate surface area is 215 Å². The van der Waals surface area contributed by atoms with Crippen LogP contribution in [0.15, 0.2) is 95.0 Å². The molecule has 0 bridgehead atoms. The molecule has 0 aliphatic rings. The van der Waals surface area contributed by atoms with E-state index >= 15 is 0 Å². The van der Waals surface area contributed by atoms with Gasteiger partial charge < -0.3 is 5.32 Å². The van der Waals surface area contributed by atoms with Gasteiger partial charge in [-0.15, -0.1) is 10.2 Å². The van der Waals surface area contributed by atoms with E-state index in [1.54, 1.807) is 24.3 Å². The number of para-hydroxylation sites is 2. The van der Waals surface area contributed by atoms with E-state index in [0.29, 0.717) is 29.6 Å². The predicted octanol–water partition coefficient (Wildman–Crippen LogP) is 4.70. The van der Waals surface area contributed by atoms with Crippen LogP contribution in [0.5, 0.6) is 0 Å². The second-order valence-electron chi connectivity index (χ2n) is 7.80. The molecule has 10 heteroatoms. The first-order valence-corrected chi connectivity index (χ1v) is 14.0. The fraction of sp³-hybridized carbons (Fsp3) is 0.192. The number of carbonyl (C=O) groups excluding carboxylic acids is 1. The summed E-state index contributed by atoms with van der Waals surface area (Å²) in [7, 11) is -3.64. The number of nitrogens with one attached hydrogen (secondary N) is 1. The van der Waals surface area contributed by atoms with Crippen LogP contribution in [0.3, 0.4) is 0 Å². The molecule has 0 atom stereocenters. The van der Waals surface area contributed by atoms with Gasteiger partial charge in [0.25, 0.3) is 0 Å². The summed E-state index contributed by atoms with van der Waals surface area (Å²) in [5.41, 5.74) is 2.14. The number of benzene rings is 3. The zero-order valence-corrected chi connectivity index (χ0v) is 21.7. The van der Waals surface area contributed by atoms with Crippen molar-refractivity contribution in [2.24, 2.45) is 0 Å². The van der Waals surface area contributed by atoms with Gasteiger partial charge in [-0.2, -0.15) is 4.31 Å². The lowest BCUT2D eigenvalue weighted by Crippen LogP contribution is -2.30. The molecule has 0 saturated carbocycles. The number of rotatable bonds is 10. The van der Waals surface area contributed by atoms with Crippen LogP contribution in [0.25, 0.3) is 17.1 Å². The first kappa shape index (κ1) is 25.6. The minimum atomic E-state index is -3.64. The Morgan fingerprint density at radius 3 is 2.25 bits per heavy atom. The molecule has 3 aromatic carbocycles. The lowest BCUT2D eigenvalue weighted by Gasteiger charge is -2.19. The Bertz CT molecular complexity index is 1420. The number of aromatic nitrogens is 3. The predicted molar refractivity (Wildman–Crippen MR) is 143 cm³/mol. The summed E-state index contributed by atoms with van der Waals surface area (Å²) in [5.74, 6) is 0.461. The van der Waals surface area contributed by atoms with Crippen LogP contribution in [-0.4, -0.2) is 52.2 Å². The summed E-state index contributed by atoms with van der Waals surface area (Å²) in [5, 5.41) is 12.1. The lowest BCUT2D eigenvalue weighted by atomic mass is 10.2. The Morgan fingerprint density at radius 2 is 1.58 bits per heavy atom. The van der Waals surface area contributed by atoms with Gasteiger partial charge in [-0.3, -0.25) is 9.36 Å². The number of anilines is 1. The summed E-state index contributed by atoms with van der Waals surface area (Å²) in [4.78, 5) is 12.7. The van der Waals surface area contributed by atoms with Gasteiger partial charge in [-0.05, 0) is 36.4 Å². The van der Waals surface area contributed by atoms with Crippen molar-refractivity contribution in [1.29, 1.82) is 0 Å². The number of thioether (sulfide) groups is 1.